The van der Waals surface area contributed by atoms with Crippen LogP contribution in [-0.2, 0) is 0 Å². The Hall–Kier alpha value is -4.43. The maximum absolute atomic E-state index is 9.30. The lowest BCUT2D eigenvalue weighted by Crippen LogP contribution is -2.01. The Bertz CT molecular complexity index is 2700. The molecule has 0 N–H and O–H groups in total. The van der Waals surface area contributed by atoms with Crippen LogP contribution in [0.4, 0.5) is 0 Å². The molecule has 0 radical (unpaired) electrons. The molecule has 2 heteroatoms. The highest BCUT2D eigenvalue weighted by atomic mass is 15.1. The molecule has 0 bridgehead atoms. The van der Waals surface area contributed by atoms with Crippen LogP contribution < -0.4 is 0 Å². The average molecular weight is 453 g/mol. The summed E-state index contributed by atoms with van der Waals surface area (Å²) in [4.78, 5) is 4.31. The van der Waals surface area contributed by atoms with Crippen LogP contribution in [0.1, 0.15) is 30.5 Å². The van der Waals surface area contributed by atoms with Crippen LogP contribution in [0.25, 0.3) is 60.2 Å². The molecule has 0 amide bonds. The fraction of sp³-hybridized carbons (Fsp3) is 0.0312. The molecule has 0 atom stereocenters. The van der Waals surface area contributed by atoms with Crippen molar-refractivity contribution in [3.63, 3.8) is 0 Å². The number of hydrogen-bond donors (Lipinski definition) is 0. The smallest absolute Gasteiger partial charge is 0.111 e. The number of benzene rings is 6. The van der Waals surface area contributed by atoms with Gasteiger partial charge in [0.25, 0.3) is 0 Å². The van der Waals surface area contributed by atoms with Crippen LogP contribution >= 0.6 is 0 Å². The van der Waals surface area contributed by atoms with Gasteiger partial charge in [0.05, 0.1) is 37.3 Å². The molecule has 0 unspecified atom stereocenters. The summed E-state index contributed by atoms with van der Waals surface area (Å²) in [5.74, 6) is -0.596. The van der Waals surface area contributed by atoms with Gasteiger partial charge in [-0.2, -0.15) is 0 Å². The topological polar surface area (TPSA) is 17.8 Å². The van der Waals surface area contributed by atoms with E-state index in [0.29, 0.717) is 0 Å². The first-order valence-corrected chi connectivity index (χ1v) is 10.2. The molecule has 0 aliphatic heterocycles. The van der Waals surface area contributed by atoms with E-state index in [-0.39, 0.29) is 16.7 Å². The molecule has 2 nitrogen and oxygen atoms in total. The van der Waals surface area contributed by atoms with Crippen LogP contribution in [-0.4, -0.2) is 9.55 Å². The minimum atomic E-state index is -2.98. The van der Waals surface area contributed by atoms with Gasteiger partial charge in [0, 0.05) is 14.9 Å². The standard InChI is InChI=1S/C32H22N2/c1-21-33-29-16-8-9-17-30(29)34(21)32-27-14-6-4-12-25(27)31(26-13-5-7-15-28(26)32)24-19-18-22-10-2-3-11-23(22)20-24/h2-20H,1H3/i1D3,2D,3D,4D,5D,6D,7D,10D,11D,12D,13D,14D,15D,18D,19D,20D. The fourth-order valence-corrected chi connectivity index (χ4v) is 4.24. The molecule has 0 aliphatic rings. The fourth-order valence-electron chi connectivity index (χ4n) is 4.24. The predicted octanol–water partition coefficient (Wildman–Crippen LogP) is 8.46. The molecule has 0 fully saturated rings. The van der Waals surface area contributed by atoms with E-state index in [1.165, 1.54) is 12.1 Å². The zero-order valence-corrected chi connectivity index (χ0v) is 17.2. The quantitative estimate of drug-likeness (QED) is 0.241. The van der Waals surface area contributed by atoms with E-state index in [1.807, 2.05) is 0 Å². The van der Waals surface area contributed by atoms with Crippen LogP contribution in [0.2, 0.25) is 0 Å². The van der Waals surface area contributed by atoms with E-state index < -0.39 is 147 Å². The van der Waals surface area contributed by atoms with Gasteiger partial charge >= 0.3 is 0 Å². The Morgan fingerprint density at radius 1 is 0.706 bits per heavy atom. The summed E-state index contributed by atoms with van der Waals surface area (Å²) in [7, 11) is 0. The van der Waals surface area contributed by atoms with E-state index in [0.717, 1.165) is 4.57 Å². The number of rotatable bonds is 2. The average Bonchev–Trinajstić information content (AvgIpc) is 3.50. The second-order valence-electron chi connectivity index (χ2n) is 7.48. The SMILES string of the molecule is [2H]c1c([2H])c([2H])c2c([2H])c(-c3c4c([2H])c([2H])c([2H])c([2H])c4c(-n4c(C([2H])([2H])[2H])nc5ccccc54)c4c([2H])c([2H])c([2H])c([2H])c34)c([2H])c([2H])c2c1[2H]. The number of para-hydroxylation sites is 2. The number of hydrogen-bond acceptors (Lipinski definition) is 1. The van der Waals surface area contributed by atoms with Crippen molar-refractivity contribution in [1.82, 2.24) is 9.55 Å². The van der Waals surface area contributed by atoms with Crippen molar-refractivity contribution in [2.75, 3.05) is 0 Å². The molecule has 6 aromatic carbocycles. The van der Waals surface area contributed by atoms with E-state index in [9.17, 15) is 1.37 Å². The van der Waals surface area contributed by atoms with E-state index in [1.54, 1.807) is 12.1 Å². The number of nitrogens with zero attached hydrogens (tertiary/aromatic N) is 2. The monoisotopic (exact) mass is 452 g/mol. The highest BCUT2D eigenvalue weighted by molar-refractivity contribution is 6.19. The summed E-state index contributed by atoms with van der Waals surface area (Å²) in [6.07, 6.45) is 0. The van der Waals surface area contributed by atoms with Gasteiger partial charge in [0.1, 0.15) is 5.82 Å². The van der Waals surface area contributed by atoms with Gasteiger partial charge in [0.15, 0.2) is 0 Å². The molecule has 0 saturated heterocycles. The van der Waals surface area contributed by atoms with Crippen molar-refractivity contribution in [1.29, 1.82) is 0 Å². The summed E-state index contributed by atoms with van der Waals surface area (Å²) in [6.45, 7) is -2.98. The minimum absolute atomic E-state index is 0.112. The van der Waals surface area contributed by atoms with E-state index in [2.05, 4.69) is 4.98 Å². The Morgan fingerprint density at radius 3 is 2.09 bits per heavy atom. The highest BCUT2D eigenvalue weighted by Gasteiger charge is 2.19. The lowest BCUT2D eigenvalue weighted by Gasteiger charge is -2.19. The lowest BCUT2D eigenvalue weighted by molar-refractivity contribution is 1.02. The Balaban J connectivity index is 1.92. The molecule has 7 aromatic rings. The van der Waals surface area contributed by atoms with E-state index in [4.69, 9.17) is 23.3 Å². The van der Waals surface area contributed by atoms with Crippen molar-refractivity contribution in [3.8, 4) is 16.8 Å². The summed E-state index contributed by atoms with van der Waals surface area (Å²) in [6, 6.07) is -5.50. The summed E-state index contributed by atoms with van der Waals surface area (Å²) in [5, 5.41) is -2.85. The van der Waals surface area contributed by atoms with Crippen molar-refractivity contribution in [3.05, 3.63) is 121 Å². The maximum atomic E-state index is 9.30. The van der Waals surface area contributed by atoms with Crippen molar-refractivity contribution in [2.24, 2.45) is 0 Å². The van der Waals surface area contributed by atoms with Gasteiger partial charge in [-0.05, 0) is 57.7 Å². The molecule has 0 spiro atoms. The zero-order valence-electron chi connectivity index (χ0n) is 35.2. The first kappa shape index (κ1) is 8.41. The van der Waals surface area contributed by atoms with Gasteiger partial charge in [-0.1, -0.05) is 96.7 Å². The zero-order chi connectivity index (χ0) is 38.2. The van der Waals surface area contributed by atoms with Crippen LogP contribution in [0.5, 0.6) is 0 Å². The molecule has 7 rings (SSSR count). The number of fused-ring (bicyclic) bond motifs is 4. The summed E-state index contributed by atoms with van der Waals surface area (Å²) in [5.41, 5.74) is -1.25. The van der Waals surface area contributed by atoms with Gasteiger partial charge in [0.2, 0.25) is 0 Å². The van der Waals surface area contributed by atoms with E-state index >= 15 is 0 Å². The van der Waals surface area contributed by atoms with Crippen LogP contribution in [0, 0.1) is 6.85 Å². The molecule has 1 heterocycles. The lowest BCUT2D eigenvalue weighted by atomic mass is 9.89. The first-order valence-electron chi connectivity index (χ1n) is 19.2. The Labute approximate surface area is 223 Å². The normalized spacial score (nSPS) is 19.5. The molecule has 1 aromatic heterocycles. The molecule has 0 aliphatic carbocycles. The van der Waals surface area contributed by atoms with Gasteiger partial charge < -0.3 is 0 Å². The third-order valence-corrected chi connectivity index (χ3v) is 5.63. The first-order chi connectivity index (χ1) is 24.2. The summed E-state index contributed by atoms with van der Waals surface area (Å²) < 4.78 is 158. The predicted molar refractivity (Wildman–Crippen MR) is 144 cm³/mol. The molecule has 160 valence electrons. The van der Waals surface area contributed by atoms with Crippen molar-refractivity contribution >= 4 is 43.4 Å². The number of imidazole rings is 1. The Kier molecular flexibility index (Phi) is 1.80. The molecular weight excluding hydrogens is 412 g/mol. The molecular formula is C32H22N2. The van der Waals surface area contributed by atoms with Gasteiger partial charge in [-0.15, -0.1) is 0 Å². The highest BCUT2D eigenvalue weighted by Crippen LogP contribution is 2.42. The van der Waals surface area contributed by atoms with Crippen molar-refractivity contribution < 1.29 is 24.7 Å². The van der Waals surface area contributed by atoms with Gasteiger partial charge in [-0.25, -0.2) is 4.98 Å². The number of aromatic nitrogens is 2. The van der Waals surface area contributed by atoms with Crippen molar-refractivity contribution in [2.45, 2.75) is 6.85 Å². The largest absolute Gasteiger partial charge is 0.295 e. The summed E-state index contributed by atoms with van der Waals surface area (Å²) >= 11 is 0. The third kappa shape index (κ3) is 2.72. The second kappa shape index (κ2) is 7.29. The van der Waals surface area contributed by atoms with Crippen LogP contribution in [0.3, 0.4) is 0 Å². The maximum Gasteiger partial charge on any atom is 0.111 e. The molecule has 34 heavy (non-hydrogen) atoms. The molecule has 0 saturated carbocycles. The Morgan fingerprint density at radius 2 is 1.35 bits per heavy atom. The second-order valence-corrected chi connectivity index (χ2v) is 7.48. The third-order valence-electron chi connectivity index (χ3n) is 5.63. The van der Waals surface area contributed by atoms with Crippen LogP contribution in [0.15, 0.2) is 115 Å². The minimum Gasteiger partial charge on any atom is -0.295 e. The van der Waals surface area contributed by atoms with Gasteiger partial charge in [-0.3, -0.25) is 4.57 Å². The number of aryl methyl sites for hydroxylation is 1.